The van der Waals surface area contributed by atoms with Gasteiger partial charge in [-0.15, -0.1) is 0 Å². The summed E-state index contributed by atoms with van der Waals surface area (Å²) >= 11 is 0. The average Bonchev–Trinajstić information content (AvgIpc) is 3.31. The Kier molecular flexibility index (Phi) is 4.24. The van der Waals surface area contributed by atoms with Gasteiger partial charge in [-0.3, -0.25) is 0 Å². The van der Waals surface area contributed by atoms with Gasteiger partial charge in [-0.2, -0.15) is 0 Å². The maximum Gasteiger partial charge on any atom is 0.175 e. The summed E-state index contributed by atoms with van der Waals surface area (Å²) in [5.74, 6) is 0.836. The summed E-state index contributed by atoms with van der Waals surface area (Å²) in [6.07, 6.45) is 2.88. The van der Waals surface area contributed by atoms with Gasteiger partial charge in [0.25, 0.3) is 0 Å². The second-order valence-electron chi connectivity index (χ2n) is 6.52. The van der Waals surface area contributed by atoms with Gasteiger partial charge in [0, 0.05) is 23.2 Å². The third kappa shape index (κ3) is 3.34. The van der Waals surface area contributed by atoms with Gasteiger partial charge >= 0.3 is 0 Å². The molecule has 4 nitrogen and oxygen atoms in total. The summed E-state index contributed by atoms with van der Waals surface area (Å²) in [5, 5.41) is 0. The van der Waals surface area contributed by atoms with Crippen LogP contribution in [0, 0.1) is 6.92 Å². The molecule has 2 heterocycles. The Morgan fingerprint density at radius 3 is 2.07 bits per heavy atom. The Labute approximate surface area is 158 Å². The van der Waals surface area contributed by atoms with Gasteiger partial charge in [-0.25, -0.2) is 8.42 Å². The lowest BCUT2D eigenvalue weighted by Crippen LogP contribution is -2.00. The lowest BCUT2D eigenvalue weighted by molar-refractivity contribution is 0.582. The lowest BCUT2D eigenvalue weighted by Gasteiger charge is -2.13. The molecule has 4 aromatic rings. The third-order valence-corrected chi connectivity index (χ3v) is 5.71. The number of hydrogen-bond donors (Lipinski definition) is 0. The first-order valence-electron chi connectivity index (χ1n) is 8.57. The molecule has 0 radical (unpaired) electrons. The van der Waals surface area contributed by atoms with Crippen LogP contribution >= 0.6 is 0 Å². The van der Waals surface area contributed by atoms with Crippen LogP contribution in [0.2, 0.25) is 0 Å². The van der Waals surface area contributed by atoms with E-state index in [2.05, 4.69) is 29.7 Å². The smallest absolute Gasteiger partial charge is 0.175 e. The molecule has 0 saturated heterocycles. The van der Waals surface area contributed by atoms with Crippen LogP contribution < -0.4 is 0 Å². The number of furan rings is 1. The van der Waals surface area contributed by atoms with Crippen LogP contribution in [0.3, 0.4) is 0 Å². The Balaban J connectivity index is 1.74. The molecule has 5 heteroatoms. The Morgan fingerprint density at radius 1 is 0.815 bits per heavy atom. The molecule has 27 heavy (non-hydrogen) atoms. The molecule has 0 fully saturated rings. The molecule has 0 aliphatic carbocycles. The van der Waals surface area contributed by atoms with Gasteiger partial charge in [-0.1, -0.05) is 12.1 Å². The summed E-state index contributed by atoms with van der Waals surface area (Å²) in [6, 6.07) is 23.1. The van der Waals surface area contributed by atoms with Crippen LogP contribution in [0.1, 0.15) is 5.69 Å². The number of nitrogens with zero attached hydrogens (tertiary/aromatic N) is 1. The number of sulfone groups is 1. The molecule has 0 saturated carbocycles. The van der Waals surface area contributed by atoms with Crippen molar-refractivity contribution in [1.29, 1.82) is 0 Å². The molecule has 0 unspecified atom stereocenters. The monoisotopic (exact) mass is 377 g/mol. The zero-order valence-electron chi connectivity index (χ0n) is 15.1. The van der Waals surface area contributed by atoms with Gasteiger partial charge < -0.3 is 8.98 Å². The van der Waals surface area contributed by atoms with Crippen molar-refractivity contribution in [1.82, 2.24) is 4.57 Å². The SMILES string of the molecule is Cc1ccc(-c2ccc(S(C)(=O)=O)cc2)n1-c1ccc(-c2ccco2)cc1. The highest BCUT2D eigenvalue weighted by molar-refractivity contribution is 7.90. The Bertz CT molecular complexity index is 1170. The highest BCUT2D eigenvalue weighted by atomic mass is 32.2. The summed E-state index contributed by atoms with van der Waals surface area (Å²) in [7, 11) is -3.20. The Hall–Kier alpha value is -3.05. The number of rotatable bonds is 4. The van der Waals surface area contributed by atoms with Crippen molar-refractivity contribution in [3.63, 3.8) is 0 Å². The summed E-state index contributed by atoms with van der Waals surface area (Å²) in [6.45, 7) is 2.05. The second-order valence-corrected chi connectivity index (χ2v) is 8.53. The van der Waals surface area contributed by atoms with Crippen LogP contribution in [0.25, 0.3) is 28.3 Å². The summed E-state index contributed by atoms with van der Waals surface area (Å²) in [4.78, 5) is 0.323. The van der Waals surface area contributed by atoms with Crippen molar-refractivity contribution < 1.29 is 12.8 Å². The standard InChI is InChI=1S/C22H19NO3S/c1-16-5-14-21(17-8-12-20(13-9-17)27(2,24)25)23(16)19-10-6-18(7-11-19)22-4-3-15-26-22/h3-15H,1-2H3. The minimum atomic E-state index is -3.20. The molecule has 2 aromatic heterocycles. The normalized spacial score (nSPS) is 11.6. The zero-order chi connectivity index (χ0) is 19.0. The highest BCUT2D eigenvalue weighted by Gasteiger charge is 2.12. The molecule has 0 bridgehead atoms. The Morgan fingerprint density at radius 2 is 1.48 bits per heavy atom. The van der Waals surface area contributed by atoms with E-state index in [0.29, 0.717) is 4.90 Å². The molecule has 4 rings (SSSR count). The molecular weight excluding hydrogens is 358 g/mol. The van der Waals surface area contributed by atoms with E-state index in [-0.39, 0.29) is 0 Å². The molecule has 0 spiro atoms. The van der Waals surface area contributed by atoms with E-state index in [1.54, 1.807) is 18.4 Å². The predicted molar refractivity (Wildman–Crippen MR) is 107 cm³/mol. The maximum absolute atomic E-state index is 11.7. The van der Waals surface area contributed by atoms with Crippen molar-refractivity contribution in [2.24, 2.45) is 0 Å². The number of aryl methyl sites for hydroxylation is 1. The predicted octanol–water partition coefficient (Wildman–Crippen LogP) is 5.12. The highest BCUT2D eigenvalue weighted by Crippen LogP contribution is 2.29. The molecule has 0 aliphatic heterocycles. The van der Waals surface area contributed by atoms with E-state index in [1.807, 2.05) is 42.5 Å². The van der Waals surface area contributed by atoms with Crippen molar-refractivity contribution >= 4 is 9.84 Å². The van der Waals surface area contributed by atoms with Gasteiger partial charge in [0.2, 0.25) is 0 Å². The topological polar surface area (TPSA) is 52.2 Å². The average molecular weight is 377 g/mol. The van der Waals surface area contributed by atoms with Crippen LogP contribution in [0.4, 0.5) is 0 Å². The third-order valence-electron chi connectivity index (χ3n) is 4.59. The first-order chi connectivity index (χ1) is 12.9. The first kappa shape index (κ1) is 17.4. The van der Waals surface area contributed by atoms with Crippen LogP contribution in [-0.2, 0) is 9.84 Å². The van der Waals surface area contributed by atoms with E-state index < -0.39 is 9.84 Å². The summed E-state index contributed by atoms with van der Waals surface area (Å²) in [5.41, 5.74) is 5.13. The number of benzene rings is 2. The van der Waals surface area contributed by atoms with E-state index in [4.69, 9.17) is 4.42 Å². The van der Waals surface area contributed by atoms with E-state index in [0.717, 1.165) is 34.0 Å². The molecule has 2 aromatic carbocycles. The van der Waals surface area contributed by atoms with Crippen molar-refractivity contribution in [2.45, 2.75) is 11.8 Å². The van der Waals surface area contributed by atoms with Crippen molar-refractivity contribution in [2.75, 3.05) is 6.26 Å². The van der Waals surface area contributed by atoms with Crippen molar-refractivity contribution in [3.05, 3.63) is 84.8 Å². The van der Waals surface area contributed by atoms with Crippen molar-refractivity contribution in [3.8, 4) is 28.3 Å². The van der Waals surface area contributed by atoms with E-state index >= 15 is 0 Å². The lowest BCUT2D eigenvalue weighted by atomic mass is 10.1. The maximum atomic E-state index is 11.7. The fourth-order valence-electron chi connectivity index (χ4n) is 3.20. The minimum Gasteiger partial charge on any atom is -0.464 e. The van der Waals surface area contributed by atoms with E-state index in [1.165, 1.54) is 6.26 Å². The number of hydrogen-bond acceptors (Lipinski definition) is 3. The molecule has 0 amide bonds. The molecule has 0 aliphatic rings. The second kappa shape index (κ2) is 6.59. The fraction of sp³-hybridized carbons (Fsp3) is 0.0909. The van der Waals surface area contributed by atoms with Gasteiger partial charge in [0.1, 0.15) is 5.76 Å². The quantitative estimate of drug-likeness (QED) is 0.496. The first-order valence-corrected chi connectivity index (χ1v) is 10.5. The molecule has 0 atom stereocenters. The molecular formula is C22H19NO3S. The van der Waals surface area contributed by atoms with E-state index in [9.17, 15) is 8.42 Å². The van der Waals surface area contributed by atoms with Gasteiger partial charge in [-0.05, 0) is 73.2 Å². The molecule has 0 N–H and O–H groups in total. The van der Waals surface area contributed by atoms with Gasteiger partial charge in [0.15, 0.2) is 9.84 Å². The van der Waals surface area contributed by atoms with Crippen LogP contribution in [-0.4, -0.2) is 19.2 Å². The van der Waals surface area contributed by atoms with Crippen LogP contribution in [0.5, 0.6) is 0 Å². The zero-order valence-corrected chi connectivity index (χ0v) is 15.9. The van der Waals surface area contributed by atoms with Gasteiger partial charge in [0.05, 0.1) is 16.9 Å². The van der Waals surface area contributed by atoms with Crippen LogP contribution in [0.15, 0.2) is 88.4 Å². The number of aromatic nitrogens is 1. The summed E-state index contributed by atoms with van der Waals surface area (Å²) < 4.78 is 31.0. The minimum absolute atomic E-state index is 0.323. The largest absolute Gasteiger partial charge is 0.464 e. The fourth-order valence-corrected chi connectivity index (χ4v) is 3.83. The molecule has 136 valence electrons.